The number of fused-ring (bicyclic) bond motifs is 1. The van der Waals surface area contributed by atoms with E-state index in [4.69, 9.17) is 0 Å². The summed E-state index contributed by atoms with van der Waals surface area (Å²) < 4.78 is 54.3. The molecule has 4 rings (SSSR count). The number of hydrogen-bond donors (Lipinski definition) is 1. The number of alkyl halides is 3. The van der Waals surface area contributed by atoms with Crippen LogP contribution in [0, 0.1) is 12.7 Å². The predicted octanol–water partition coefficient (Wildman–Crippen LogP) is 5.72. The molecule has 5 nitrogen and oxygen atoms in total. The van der Waals surface area contributed by atoms with Crippen molar-refractivity contribution in [3.63, 3.8) is 0 Å². The van der Waals surface area contributed by atoms with Crippen LogP contribution in [0.1, 0.15) is 46.9 Å². The van der Waals surface area contributed by atoms with Crippen LogP contribution in [-0.4, -0.2) is 17.6 Å². The van der Waals surface area contributed by atoms with Crippen molar-refractivity contribution in [1.82, 2.24) is 4.98 Å². The molecule has 2 aromatic carbocycles. The molecule has 0 saturated heterocycles. The van der Waals surface area contributed by atoms with Crippen LogP contribution >= 0.6 is 0 Å². The van der Waals surface area contributed by atoms with Crippen molar-refractivity contribution >= 4 is 23.0 Å². The SMILES string of the molecule is Cc1[nH]c(=O)ccc1N1CN(c2ccc(F)cc2C(C)C)c2ccc(C(F)(F)F)cc2C1=O. The summed E-state index contributed by atoms with van der Waals surface area (Å²) in [4.78, 5) is 30.6. The van der Waals surface area contributed by atoms with Crippen molar-refractivity contribution in [1.29, 1.82) is 0 Å². The second-order valence-electron chi connectivity index (χ2n) is 8.22. The molecule has 0 fully saturated rings. The number of pyridine rings is 1. The minimum absolute atomic E-state index is 0.0323. The molecule has 0 radical (unpaired) electrons. The minimum atomic E-state index is -4.63. The molecule has 2 heterocycles. The van der Waals surface area contributed by atoms with Gasteiger partial charge in [-0.05, 0) is 60.9 Å². The first-order valence-corrected chi connectivity index (χ1v) is 10.3. The fourth-order valence-corrected chi connectivity index (χ4v) is 4.03. The third-order valence-electron chi connectivity index (χ3n) is 5.65. The lowest BCUT2D eigenvalue weighted by atomic mass is 9.97. The van der Waals surface area contributed by atoms with Gasteiger partial charge in [-0.25, -0.2) is 4.39 Å². The molecular weight excluding hydrogens is 438 g/mol. The Hall–Kier alpha value is -3.62. The number of hydrogen-bond acceptors (Lipinski definition) is 3. The number of aromatic amines is 1. The fraction of sp³-hybridized carbons (Fsp3) is 0.250. The van der Waals surface area contributed by atoms with E-state index in [1.807, 2.05) is 13.8 Å². The molecule has 0 spiro atoms. The lowest BCUT2D eigenvalue weighted by molar-refractivity contribution is -0.137. The Morgan fingerprint density at radius 1 is 0.909 bits per heavy atom. The highest BCUT2D eigenvalue weighted by Crippen LogP contribution is 2.41. The largest absolute Gasteiger partial charge is 0.416 e. The molecule has 0 unspecified atom stereocenters. The number of rotatable bonds is 3. The molecule has 1 aliphatic rings. The maximum atomic E-state index is 14.0. The van der Waals surface area contributed by atoms with Gasteiger partial charge in [-0.15, -0.1) is 0 Å². The average molecular weight is 459 g/mol. The van der Waals surface area contributed by atoms with Crippen molar-refractivity contribution in [3.8, 4) is 0 Å². The Kier molecular flexibility index (Phi) is 5.51. The van der Waals surface area contributed by atoms with Gasteiger partial charge < -0.3 is 9.88 Å². The van der Waals surface area contributed by atoms with Crippen LogP contribution in [-0.2, 0) is 6.18 Å². The number of aryl methyl sites for hydroxylation is 1. The molecule has 1 aromatic heterocycles. The number of amides is 1. The summed E-state index contributed by atoms with van der Waals surface area (Å²) in [6, 6.07) is 9.94. The number of benzene rings is 2. The Morgan fingerprint density at radius 3 is 2.21 bits per heavy atom. The van der Waals surface area contributed by atoms with Gasteiger partial charge >= 0.3 is 6.18 Å². The van der Waals surface area contributed by atoms with Gasteiger partial charge in [-0.3, -0.25) is 14.5 Å². The Bertz CT molecular complexity index is 1300. The summed E-state index contributed by atoms with van der Waals surface area (Å²) in [6.07, 6.45) is -4.63. The number of carbonyl (C=O) groups is 1. The third-order valence-corrected chi connectivity index (χ3v) is 5.65. The van der Waals surface area contributed by atoms with Gasteiger partial charge in [0.05, 0.1) is 22.5 Å². The molecule has 0 saturated carbocycles. The van der Waals surface area contributed by atoms with Crippen LogP contribution < -0.4 is 15.4 Å². The molecular formula is C24H21F4N3O2. The van der Waals surface area contributed by atoms with Crippen LogP contribution in [0.15, 0.2) is 53.3 Å². The number of halogens is 4. The third kappa shape index (κ3) is 4.10. The quantitative estimate of drug-likeness (QED) is 0.510. The average Bonchev–Trinajstić information content (AvgIpc) is 2.74. The first-order chi connectivity index (χ1) is 15.5. The molecule has 1 N–H and O–H groups in total. The molecule has 1 amide bonds. The van der Waals surface area contributed by atoms with Crippen LogP contribution in [0.2, 0.25) is 0 Å². The molecule has 172 valence electrons. The van der Waals surface area contributed by atoms with E-state index in [9.17, 15) is 27.2 Å². The number of carbonyl (C=O) groups excluding carboxylic acids is 1. The number of aromatic nitrogens is 1. The van der Waals surface area contributed by atoms with Crippen molar-refractivity contribution < 1.29 is 22.4 Å². The summed E-state index contributed by atoms with van der Waals surface area (Å²) in [5, 5.41) is 0. The van der Waals surface area contributed by atoms with E-state index >= 15 is 0 Å². The van der Waals surface area contributed by atoms with Gasteiger partial charge in [0.25, 0.3) is 5.91 Å². The van der Waals surface area contributed by atoms with Gasteiger partial charge in [0.2, 0.25) is 5.56 Å². The van der Waals surface area contributed by atoms with E-state index in [-0.39, 0.29) is 23.7 Å². The summed E-state index contributed by atoms with van der Waals surface area (Å²) in [5.41, 5.74) is 0.826. The van der Waals surface area contributed by atoms with Gasteiger partial charge in [-0.1, -0.05) is 13.8 Å². The number of nitrogens with one attached hydrogen (secondary N) is 1. The highest BCUT2D eigenvalue weighted by molar-refractivity contribution is 6.13. The standard InChI is InChI=1S/C24H21F4N3O2/c1-13(2)17-11-16(25)5-7-20(17)30-12-31(19-8-9-22(32)29-14(19)3)23(33)18-10-15(24(26,27)28)4-6-21(18)30/h4-11,13H,12H2,1-3H3,(H,29,32). The molecule has 9 heteroatoms. The van der Waals surface area contributed by atoms with Crippen LogP contribution in [0.5, 0.6) is 0 Å². The number of H-pyrrole nitrogens is 1. The highest BCUT2D eigenvalue weighted by Gasteiger charge is 2.37. The van der Waals surface area contributed by atoms with E-state index < -0.39 is 23.5 Å². The molecule has 1 aliphatic heterocycles. The van der Waals surface area contributed by atoms with Gasteiger partial charge in [-0.2, -0.15) is 13.2 Å². The van der Waals surface area contributed by atoms with Crippen LogP contribution in [0.25, 0.3) is 0 Å². The van der Waals surface area contributed by atoms with E-state index in [0.717, 1.165) is 12.1 Å². The van der Waals surface area contributed by atoms with Gasteiger partial charge in [0.15, 0.2) is 0 Å². The van der Waals surface area contributed by atoms with Crippen LogP contribution in [0.3, 0.4) is 0 Å². The zero-order chi connectivity index (χ0) is 24.1. The molecule has 0 atom stereocenters. The maximum absolute atomic E-state index is 14.0. The van der Waals surface area contributed by atoms with Gasteiger partial charge in [0, 0.05) is 17.4 Å². The molecule has 0 aliphatic carbocycles. The first-order valence-electron chi connectivity index (χ1n) is 10.3. The lowest BCUT2D eigenvalue weighted by Crippen LogP contribution is -2.46. The van der Waals surface area contributed by atoms with Crippen molar-refractivity contribution in [2.24, 2.45) is 0 Å². The smallest absolute Gasteiger partial charge is 0.324 e. The summed E-state index contributed by atoms with van der Waals surface area (Å²) in [5.74, 6) is -1.15. The Labute approximate surface area is 187 Å². The Balaban J connectivity index is 1.95. The van der Waals surface area contributed by atoms with Crippen molar-refractivity contribution in [2.75, 3.05) is 16.5 Å². The maximum Gasteiger partial charge on any atom is 0.416 e. The second-order valence-corrected chi connectivity index (χ2v) is 8.22. The van der Waals surface area contributed by atoms with Crippen LogP contribution in [0.4, 0.5) is 34.6 Å². The second kappa shape index (κ2) is 8.06. The topological polar surface area (TPSA) is 56.4 Å². The van der Waals surface area contributed by atoms with E-state index in [1.165, 1.54) is 35.2 Å². The minimum Gasteiger partial charge on any atom is -0.324 e. The molecule has 33 heavy (non-hydrogen) atoms. The number of anilines is 3. The first kappa shape index (κ1) is 22.6. The fourth-order valence-electron chi connectivity index (χ4n) is 4.03. The van der Waals surface area contributed by atoms with E-state index in [2.05, 4.69) is 4.98 Å². The Morgan fingerprint density at radius 2 is 1.58 bits per heavy atom. The normalized spacial score (nSPS) is 14.1. The summed E-state index contributed by atoms with van der Waals surface area (Å²) >= 11 is 0. The zero-order valence-electron chi connectivity index (χ0n) is 18.1. The highest BCUT2D eigenvalue weighted by atomic mass is 19.4. The number of nitrogens with zero attached hydrogens (tertiary/aromatic N) is 2. The summed E-state index contributed by atoms with van der Waals surface area (Å²) in [7, 11) is 0. The summed E-state index contributed by atoms with van der Waals surface area (Å²) in [6.45, 7) is 5.33. The van der Waals surface area contributed by atoms with E-state index in [0.29, 0.717) is 28.3 Å². The van der Waals surface area contributed by atoms with Crippen molar-refractivity contribution in [3.05, 3.63) is 87.1 Å². The zero-order valence-corrected chi connectivity index (χ0v) is 18.1. The van der Waals surface area contributed by atoms with E-state index in [1.54, 1.807) is 17.9 Å². The van der Waals surface area contributed by atoms with Crippen molar-refractivity contribution in [2.45, 2.75) is 32.9 Å². The monoisotopic (exact) mass is 459 g/mol. The molecule has 3 aromatic rings. The predicted molar refractivity (Wildman–Crippen MR) is 118 cm³/mol. The van der Waals surface area contributed by atoms with Gasteiger partial charge in [0.1, 0.15) is 12.5 Å². The lowest BCUT2D eigenvalue weighted by Gasteiger charge is -2.39. The molecule has 0 bridgehead atoms.